The summed E-state index contributed by atoms with van der Waals surface area (Å²) in [6.07, 6.45) is 2.52. The normalized spacial score (nSPS) is 13.1. The summed E-state index contributed by atoms with van der Waals surface area (Å²) in [6.45, 7) is 1.58. The maximum Gasteiger partial charge on any atom is 0.326 e. The molecule has 0 bridgehead atoms. The van der Waals surface area contributed by atoms with Gasteiger partial charge in [-0.25, -0.2) is 4.79 Å². The van der Waals surface area contributed by atoms with Crippen molar-refractivity contribution in [3.8, 4) is 5.75 Å². The van der Waals surface area contributed by atoms with Crippen LogP contribution in [0.4, 0.5) is 5.69 Å². The molecule has 1 amide bonds. The Morgan fingerprint density at radius 3 is 2.07 bits per heavy atom. The number of para-hydroxylation sites is 1. The van der Waals surface area contributed by atoms with Gasteiger partial charge in [-0.15, -0.1) is 0 Å². The Labute approximate surface area is 245 Å². The van der Waals surface area contributed by atoms with Crippen LogP contribution in [0.15, 0.2) is 109 Å². The smallest absolute Gasteiger partial charge is 0.326 e. The highest BCUT2D eigenvalue weighted by Gasteiger charge is 2.27. The van der Waals surface area contributed by atoms with E-state index in [4.69, 9.17) is 4.74 Å². The van der Waals surface area contributed by atoms with Gasteiger partial charge >= 0.3 is 5.97 Å². The molecule has 7 heteroatoms. The van der Waals surface area contributed by atoms with Gasteiger partial charge in [0.15, 0.2) is 5.78 Å². The Hall–Kier alpha value is -4.91. The number of anilines is 1. The number of nitrogens with one attached hydrogen (secondary N) is 1. The van der Waals surface area contributed by atoms with Gasteiger partial charge < -0.3 is 20.1 Å². The maximum atomic E-state index is 13.1. The molecule has 2 N–H and O–H groups in total. The number of carboxylic acid groups (broad SMARTS) is 1. The van der Waals surface area contributed by atoms with Gasteiger partial charge in [-0.3, -0.25) is 9.59 Å². The van der Waals surface area contributed by atoms with E-state index in [2.05, 4.69) is 5.32 Å². The first-order valence-electron chi connectivity index (χ1n) is 14.2. The van der Waals surface area contributed by atoms with E-state index in [1.807, 2.05) is 65.6 Å². The topological polar surface area (TPSA) is 95.9 Å². The minimum Gasteiger partial charge on any atom is -0.492 e. The van der Waals surface area contributed by atoms with Gasteiger partial charge in [-0.05, 0) is 60.7 Å². The van der Waals surface area contributed by atoms with E-state index >= 15 is 0 Å². The quantitative estimate of drug-likeness (QED) is 0.184. The molecule has 0 heterocycles. The third kappa shape index (κ3) is 7.63. The van der Waals surface area contributed by atoms with Gasteiger partial charge in [0.25, 0.3) is 5.91 Å². The lowest BCUT2D eigenvalue weighted by Crippen LogP contribution is -2.36. The molecule has 0 aromatic heterocycles. The lowest BCUT2D eigenvalue weighted by atomic mass is 10.00. The molecule has 0 spiro atoms. The van der Waals surface area contributed by atoms with E-state index < -0.39 is 12.0 Å². The largest absolute Gasteiger partial charge is 0.492 e. The van der Waals surface area contributed by atoms with E-state index in [1.165, 1.54) is 0 Å². The van der Waals surface area contributed by atoms with Crippen molar-refractivity contribution in [2.24, 2.45) is 5.92 Å². The lowest BCUT2D eigenvalue weighted by Gasteiger charge is -2.23. The predicted octanol–water partition coefficient (Wildman–Crippen LogP) is 5.96. The van der Waals surface area contributed by atoms with Gasteiger partial charge in [0.2, 0.25) is 0 Å². The Morgan fingerprint density at radius 2 is 1.43 bits per heavy atom. The first kappa shape index (κ1) is 28.6. The summed E-state index contributed by atoms with van der Waals surface area (Å²) < 4.78 is 5.95. The molecular formula is C35H34N2O5. The van der Waals surface area contributed by atoms with Crippen LogP contribution in [0.25, 0.3) is 0 Å². The van der Waals surface area contributed by atoms with E-state index in [9.17, 15) is 19.5 Å². The number of ketones is 1. The first-order chi connectivity index (χ1) is 20.5. The Morgan fingerprint density at radius 1 is 0.810 bits per heavy atom. The molecule has 4 aromatic carbocycles. The number of carbonyl (C=O) groups is 3. The Kier molecular flexibility index (Phi) is 9.29. The highest BCUT2D eigenvalue weighted by atomic mass is 16.5. The van der Waals surface area contributed by atoms with Crippen LogP contribution in [0, 0.1) is 5.92 Å². The molecule has 5 rings (SSSR count). The SMILES string of the molecule is O=C(c1ccccc1)c1ccccc1N[C@@H](Cc1ccc(OCCN(CC2CC2)C(=O)c2ccccc2)cc1)C(=O)O. The third-order valence-corrected chi connectivity index (χ3v) is 7.31. The lowest BCUT2D eigenvalue weighted by molar-refractivity contribution is -0.137. The standard InChI is InChI=1S/C35H34N2O5/c38-33(27-9-3-1-4-10-27)30-13-7-8-14-31(30)36-32(35(40)41)23-25-17-19-29(20-18-25)42-22-21-37(24-26-15-16-26)34(39)28-11-5-2-6-12-28/h1-14,17-20,26,32,36H,15-16,21-24H2,(H,40,41)/t32-/m0/s1. The second-order valence-electron chi connectivity index (χ2n) is 10.5. The van der Waals surface area contributed by atoms with Crippen molar-refractivity contribution in [1.29, 1.82) is 0 Å². The number of amides is 1. The minimum atomic E-state index is -1.02. The number of nitrogens with zero attached hydrogens (tertiary/aromatic N) is 1. The zero-order chi connectivity index (χ0) is 29.3. The number of hydrogen-bond donors (Lipinski definition) is 2. The van der Waals surface area contributed by atoms with Crippen molar-refractivity contribution in [1.82, 2.24) is 4.90 Å². The van der Waals surface area contributed by atoms with Crippen LogP contribution in [0.1, 0.15) is 44.7 Å². The molecule has 0 saturated heterocycles. The van der Waals surface area contributed by atoms with E-state index in [-0.39, 0.29) is 18.1 Å². The molecule has 1 atom stereocenters. The number of carbonyl (C=O) groups excluding carboxylic acids is 2. The molecule has 42 heavy (non-hydrogen) atoms. The fourth-order valence-corrected chi connectivity index (χ4v) is 4.82. The van der Waals surface area contributed by atoms with E-state index in [0.717, 1.165) is 24.9 Å². The van der Waals surface area contributed by atoms with Crippen LogP contribution in [-0.4, -0.2) is 53.4 Å². The third-order valence-electron chi connectivity index (χ3n) is 7.31. The molecule has 1 saturated carbocycles. The van der Waals surface area contributed by atoms with Crippen molar-refractivity contribution in [3.63, 3.8) is 0 Å². The number of benzene rings is 4. The van der Waals surface area contributed by atoms with Crippen LogP contribution in [0.3, 0.4) is 0 Å². The molecule has 0 unspecified atom stereocenters. The van der Waals surface area contributed by atoms with Gasteiger partial charge in [-0.2, -0.15) is 0 Å². The highest BCUT2D eigenvalue weighted by Crippen LogP contribution is 2.30. The summed E-state index contributed by atoms with van der Waals surface area (Å²) in [7, 11) is 0. The molecule has 1 aliphatic rings. The Bertz CT molecular complexity index is 1500. The molecule has 0 radical (unpaired) electrons. The summed E-state index contributed by atoms with van der Waals surface area (Å²) in [5.41, 5.74) is 2.91. The number of ether oxygens (including phenoxy) is 1. The molecule has 1 fully saturated rings. The van der Waals surface area contributed by atoms with Crippen LogP contribution in [0.2, 0.25) is 0 Å². The molecule has 1 aliphatic carbocycles. The van der Waals surface area contributed by atoms with Crippen molar-refractivity contribution >= 4 is 23.3 Å². The van der Waals surface area contributed by atoms with Crippen LogP contribution in [0.5, 0.6) is 5.75 Å². The summed E-state index contributed by atoms with van der Waals surface area (Å²) in [5, 5.41) is 13.0. The summed E-state index contributed by atoms with van der Waals surface area (Å²) in [4.78, 5) is 40.1. The van der Waals surface area contributed by atoms with Crippen molar-refractivity contribution in [2.45, 2.75) is 25.3 Å². The minimum absolute atomic E-state index is 0.0145. The van der Waals surface area contributed by atoms with Gasteiger partial charge in [0.1, 0.15) is 18.4 Å². The van der Waals surface area contributed by atoms with Crippen LogP contribution < -0.4 is 10.1 Å². The average molecular weight is 563 g/mol. The first-order valence-corrected chi connectivity index (χ1v) is 14.2. The summed E-state index contributed by atoms with van der Waals surface area (Å²) in [5.74, 6) is 0.0365. The number of hydrogen-bond acceptors (Lipinski definition) is 5. The monoisotopic (exact) mass is 562 g/mol. The van der Waals surface area contributed by atoms with Crippen molar-refractivity contribution in [2.75, 3.05) is 25.0 Å². The molecular weight excluding hydrogens is 528 g/mol. The molecule has 0 aliphatic heterocycles. The highest BCUT2D eigenvalue weighted by molar-refractivity contribution is 6.12. The number of carboxylic acids is 1. The second-order valence-corrected chi connectivity index (χ2v) is 10.5. The number of aliphatic carboxylic acids is 1. The van der Waals surface area contributed by atoms with Crippen LogP contribution in [-0.2, 0) is 11.2 Å². The fourth-order valence-electron chi connectivity index (χ4n) is 4.82. The summed E-state index contributed by atoms with van der Waals surface area (Å²) in [6, 6.07) is 31.5. The molecule has 214 valence electrons. The zero-order valence-electron chi connectivity index (χ0n) is 23.3. The van der Waals surface area contributed by atoms with Gasteiger partial charge in [-0.1, -0.05) is 72.8 Å². The molecule has 7 nitrogen and oxygen atoms in total. The summed E-state index contributed by atoms with van der Waals surface area (Å²) >= 11 is 0. The van der Waals surface area contributed by atoms with Crippen molar-refractivity contribution < 1.29 is 24.2 Å². The van der Waals surface area contributed by atoms with Gasteiger partial charge in [0.05, 0.1) is 6.54 Å². The average Bonchev–Trinajstić information content (AvgIpc) is 3.85. The van der Waals surface area contributed by atoms with E-state index in [1.54, 1.807) is 48.5 Å². The number of rotatable bonds is 14. The molecule has 4 aromatic rings. The van der Waals surface area contributed by atoms with Crippen LogP contribution >= 0.6 is 0 Å². The fraction of sp³-hybridized carbons (Fsp3) is 0.229. The van der Waals surface area contributed by atoms with Crippen molar-refractivity contribution in [3.05, 3.63) is 131 Å². The predicted molar refractivity (Wildman–Crippen MR) is 162 cm³/mol. The second kappa shape index (κ2) is 13.6. The van der Waals surface area contributed by atoms with E-state index in [0.29, 0.717) is 47.2 Å². The maximum absolute atomic E-state index is 13.1. The van der Waals surface area contributed by atoms with Gasteiger partial charge in [0, 0.05) is 35.3 Å². The Balaban J connectivity index is 1.19. The zero-order valence-corrected chi connectivity index (χ0v) is 23.3.